The lowest BCUT2D eigenvalue weighted by atomic mass is 10.4. The molecule has 0 aromatic rings. The molecule has 0 aliphatic heterocycles. The molecule has 0 heterocycles. The van der Waals surface area contributed by atoms with Crippen molar-refractivity contribution in [1.82, 2.24) is 0 Å². The Labute approximate surface area is 44.5 Å². The molecule has 0 saturated carbocycles. The quantitative estimate of drug-likeness (QED) is 0.484. The van der Waals surface area contributed by atoms with Gasteiger partial charge >= 0.3 is 0 Å². The average Bonchev–Trinajstić information content (AvgIpc) is 1.38. The van der Waals surface area contributed by atoms with Crippen LogP contribution in [0.4, 0.5) is 0 Å². The molecule has 1 atom stereocenters. The van der Waals surface area contributed by atoms with Crippen LogP contribution in [-0.4, -0.2) is 10.7 Å². The molecule has 0 rings (SSSR count). The van der Waals surface area contributed by atoms with E-state index in [0.29, 0.717) is 5.25 Å². The highest BCUT2D eigenvalue weighted by atomic mass is 32.1. The van der Waals surface area contributed by atoms with Gasteiger partial charge in [-0.05, 0) is 11.7 Å². The summed E-state index contributed by atoms with van der Waals surface area (Å²) in [6.45, 7) is 4.21. The molecule has 0 radical (unpaired) electrons. The van der Waals surface area contributed by atoms with Crippen LogP contribution >= 0.6 is 12.6 Å². The molecule has 0 saturated heterocycles. The van der Waals surface area contributed by atoms with Crippen LogP contribution < -0.4 is 0 Å². The van der Waals surface area contributed by atoms with Gasteiger partial charge in [0.2, 0.25) is 0 Å². The van der Waals surface area contributed by atoms with Crippen LogP contribution in [0.15, 0.2) is 0 Å². The molecule has 6 heavy (non-hydrogen) atoms. The number of hydrogen-bond donors (Lipinski definition) is 1. The van der Waals surface area contributed by atoms with Gasteiger partial charge < -0.3 is 5.48 Å². The third-order valence-corrected chi connectivity index (χ3v) is 0.956. The first kappa shape index (κ1) is 9.58. The van der Waals surface area contributed by atoms with E-state index in [1.165, 1.54) is 6.42 Å². The maximum absolute atomic E-state index is 4.10. The molecule has 0 spiro atoms. The van der Waals surface area contributed by atoms with Crippen molar-refractivity contribution in [1.29, 1.82) is 0 Å². The lowest BCUT2D eigenvalue weighted by molar-refractivity contribution is 0.824. The number of hydrogen-bond acceptors (Lipinski definition) is 1. The highest BCUT2D eigenvalue weighted by Crippen LogP contribution is 1.94. The van der Waals surface area contributed by atoms with Crippen LogP contribution in [-0.2, 0) is 0 Å². The SMILES string of the molecule is CCC(C)S.O. The van der Waals surface area contributed by atoms with Gasteiger partial charge in [-0.25, -0.2) is 0 Å². The van der Waals surface area contributed by atoms with Crippen molar-refractivity contribution in [3.05, 3.63) is 0 Å². The van der Waals surface area contributed by atoms with E-state index in [1.807, 2.05) is 0 Å². The molecule has 0 aliphatic rings. The second-order valence-corrected chi connectivity index (χ2v) is 2.14. The molecule has 0 bridgehead atoms. The summed E-state index contributed by atoms with van der Waals surface area (Å²) in [5.74, 6) is 0. The molecular weight excluding hydrogens is 96.1 g/mol. The summed E-state index contributed by atoms with van der Waals surface area (Å²) in [7, 11) is 0. The maximum atomic E-state index is 4.10. The topological polar surface area (TPSA) is 31.5 Å². The fourth-order valence-corrected chi connectivity index (χ4v) is 0. The Bertz CT molecular complexity index is 21.5. The first-order valence-corrected chi connectivity index (χ1v) is 2.47. The molecule has 2 heteroatoms. The average molecular weight is 108 g/mol. The fourth-order valence-electron chi connectivity index (χ4n) is 0. The summed E-state index contributed by atoms with van der Waals surface area (Å²) in [5, 5.41) is 0.579. The zero-order valence-corrected chi connectivity index (χ0v) is 5.13. The van der Waals surface area contributed by atoms with Crippen LogP contribution in [0.25, 0.3) is 0 Å². The predicted octanol–water partition coefficient (Wildman–Crippen LogP) is 0.890. The van der Waals surface area contributed by atoms with Gasteiger partial charge in [-0.15, -0.1) is 0 Å². The molecule has 0 aromatic carbocycles. The second kappa shape index (κ2) is 5.31. The standard InChI is InChI=1S/C4H10S.H2O/c1-3-4(2)5;/h4-5H,3H2,1-2H3;1H2. The van der Waals surface area contributed by atoms with E-state index < -0.39 is 0 Å². The van der Waals surface area contributed by atoms with Crippen LogP contribution in [0.5, 0.6) is 0 Å². The smallest absolute Gasteiger partial charge is 0.00142 e. The summed E-state index contributed by atoms with van der Waals surface area (Å²) < 4.78 is 0. The van der Waals surface area contributed by atoms with Crippen LogP contribution in [0.2, 0.25) is 0 Å². The molecule has 0 fully saturated rings. The molecule has 0 aliphatic carbocycles. The minimum absolute atomic E-state index is 0. The largest absolute Gasteiger partial charge is 0.412 e. The van der Waals surface area contributed by atoms with Crippen molar-refractivity contribution in [3.63, 3.8) is 0 Å². The van der Waals surface area contributed by atoms with Crippen molar-refractivity contribution >= 4 is 12.6 Å². The highest BCUT2D eigenvalue weighted by Gasteiger charge is 1.81. The minimum Gasteiger partial charge on any atom is -0.412 e. The first-order valence-electron chi connectivity index (χ1n) is 1.95. The van der Waals surface area contributed by atoms with E-state index in [0.717, 1.165) is 0 Å². The van der Waals surface area contributed by atoms with E-state index in [4.69, 9.17) is 0 Å². The molecule has 0 amide bonds. The van der Waals surface area contributed by atoms with Crippen molar-refractivity contribution in [2.24, 2.45) is 0 Å². The van der Waals surface area contributed by atoms with Crippen LogP contribution in [0.3, 0.4) is 0 Å². The van der Waals surface area contributed by atoms with Gasteiger partial charge in [-0.3, -0.25) is 0 Å². The van der Waals surface area contributed by atoms with E-state index in [1.54, 1.807) is 0 Å². The third-order valence-electron chi connectivity index (χ3n) is 0.591. The van der Waals surface area contributed by atoms with Gasteiger partial charge in [0.1, 0.15) is 0 Å². The van der Waals surface area contributed by atoms with E-state index >= 15 is 0 Å². The Kier molecular flexibility index (Phi) is 8.48. The Balaban J connectivity index is 0. The molecule has 0 aromatic heterocycles. The van der Waals surface area contributed by atoms with Gasteiger partial charge in [0, 0.05) is 0 Å². The van der Waals surface area contributed by atoms with Crippen LogP contribution in [0, 0.1) is 0 Å². The Morgan fingerprint density at radius 1 is 1.67 bits per heavy atom. The normalized spacial score (nSPS) is 12.5. The van der Waals surface area contributed by atoms with Crippen molar-refractivity contribution in [3.8, 4) is 0 Å². The maximum Gasteiger partial charge on any atom is -0.00142 e. The minimum atomic E-state index is 0. The second-order valence-electron chi connectivity index (χ2n) is 1.26. The highest BCUT2D eigenvalue weighted by molar-refractivity contribution is 7.80. The van der Waals surface area contributed by atoms with Gasteiger partial charge in [-0.1, -0.05) is 13.8 Å². The van der Waals surface area contributed by atoms with Gasteiger partial charge in [0.15, 0.2) is 0 Å². The zero-order chi connectivity index (χ0) is 4.28. The molecule has 1 unspecified atom stereocenters. The Morgan fingerprint density at radius 3 is 1.83 bits per heavy atom. The zero-order valence-electron chi connectivity index (χ0n) is 4.23. The summed E-state index contributed by atoms with van der Waals surface area (Å²) in [6, 6.07) is 0. The first-order chi connectivity index (χ1) is 2.27. The number of rotatable bonds is 1. The molecular formula is C4H12OS. The van der Waals surface area contributed by atoms with Gasteiger partial charge in [0.05, 0.1) is 0 Å². The van der Waals surface area contributed by atoms with Crippen molar-refractivity contribution < 1.29 is 5.48 Å². The molecule has 2 N–H and O–H groups in total. The summed E-state index contributed by atoms with van der Waals surface area (Å²) in [4.78, 5) is 0. The fraction of sp³-hybridized carbons (Fsp3) is 1.00. The van der Waals surface area contributed by atoms with Gasteiger partial charge in [0.25, 0.3) is 0 Å². The van der Waals surface area contributed by atoms with Crippen molar-refractivity contribution in [2.75, 3.05) is 0 Å². The van der Waals surface area contributed by atoms with Crippen LogP contribution in [0.1, 0.15) is 20.3 Å². The monoisotopic (exact) mass is 108 g/mol. The van der Waals surface area contributed by atoms with E-state index in [2.05, 4.69) is 26.5 Å². The summed E-state index contributed by atoms with van der Waals surface area (Å²) in [6.07, 6.45) is 1.17. The predicted molar refractivity (Wildman–Crippen MR) is 32.4 cm³/mol. The van der Waals surface area contributed by atoms with Crippen molar-refractivity contribution in [2.45, 2.75) is 25.5 Å². The summed E-state index contributed by atoms with van der Waals surface area (Å²) >= 11 is 4.10. The third kappa shape index (κ3) is 8.85. The lowest BCUT2D eigenvalue weighted by Crippen LogP contribution is -1.81. The molecule has 1 nitrogen and oxygen atoms in total. The van der Waals surface area contributed by atoms with E-state index in [-0.39, 0.29) is 5.48 Å². The Hall–Kier alpha value is 0.310. The van der Waals surface area contributed by atoms with E-state index in [9.17, 15) is 0 Å². The Morgan fingerprint density at radius 2 is 1.83 bits per heavy atom. The molecule has 40 valence electrons. The summed E-state index contributed by atoms with van der Waals surface area (Å²) in [5.41, 5.74) is 0. The number of thiol groups is 1. The van der Waals surface area contributed by atoms with Gasteiger partial charge in [-0.2, -0.15) is 12.6 Å². The lowest BCUT2D eigenvalue weighted by Gasteiger charge is -1.89.